The highest BCUT2D eigenvalue weighted by atomic mass is 19.4. The largest absolute Gasteiger partial charge is 0.471 e. The molecule has 1 amide bonds. The molecule has 0 radical (unpaired) electrons. The van der Waals surface area contributed by atoms with Crippen LogP contribution in [0, 0.1) is 0 Å². The molecular formula is C13H15F3N6O2. The highest BCUT2D eigenvalue weighted by Gasteiger charge is 2.45. The van der Waals surface area contributed by atoms with E-state index >= 15 is 0 Å². The fourth-order valence-corrected chi connectivity index (χ4v) is 2.75. The molecule has 0 unspecified atom stereocenters. The van der Waals surface area contributed by atoms with E-state index in [2.05, 4.69) is 30.3 Å². The van der Waals surface area contributed by atoms with E-state index in [0.29, 0.717) is 19.4 Å². The number of hydrogen-bond acceptors (Lipinski definition) is 6. The molecule has 0 saturated heterocycles. The van der Waals surface area contributed by atoms with E-state index in [1.807, 2.05) is 6.92 Å². The zero-order valence-corrected chi connectivity index (χ0v) is 12.8. The second-order valence-corrected chi connectivity index (χ2v) is 5.62. The lowest BCUT2D eigenvalue weighted by atomic mass is 9.96. The molecule has 2 heterocycles. The predicted octanol–water partition coefficient (Wildman–Crippen LogP) is 1.90. The molecule has 2 aromatic heterocycles. The summed E-state index contributed by atoms with van der Waals surface area (Å²) < 4.78 is 43.8. The second kappa shape index (κ2) is 5.87. The van der Waals surface area contributed by atoms with Crippen molar-refractivity contribution in [1.82, 2.24) is 30.5 Å². The topological polar surface area (TPSA) is 98.7 Å². The van der Waals surface area contributed by atoms with Gasteiger partial charge in [-0.25, -0.2) is 0 Å². The van der Waals surface area contributed by atoms with E-state index in [4.69, 9.17) is 0 Å². The van der Waals surface area contributed by atoms with Crippen LogP contribution in [0.1, 0.15) is 54.8 Å². The van der Waals surface area contributed by atoms with Gasteiger partial charge in [-0.2, -0.15) is 18.2 Å². The molecule has 2 aromatic rings. The Kier molecular flexibility index (Phi) is 4.01. The van der Waals surface area contributed by atoms with Crippen molar-refractivity contribution in [3.05, 3.63) is 23.6 Å². The zero-order chi connectivity index (χ0) is 17.4. The van der Waals surface area contributed by atoms with Gasteiger partial charge in [-0.05, 0) is 19.8 Å². The minimum Gasteiger partial charge on any atom is -0.338 e. The van der Waals surface area contributed by atoms with Crippen LogP contribution in [0.25, 0.3) is 0 Å². The molecule has 8 nitrogen and oxygen atoms in total. The smallest absolute Gasteiger partial charge is 0.338 e. The Labute approximate surface area is 134 Å². The maximum atomic E-state index is 12.7. The Balaban J connectivity index is 1.86. The van der Waals surface area contributed by atoms with Crippen molar-refractivity contribution in [3.63, 3.8) is 0 Å². The number of alkyl halides is 3. The summed E-state index contributed by atoms with van der Waals surface area (Å²) in [5.74, 6) is -2.12. The molecule has 11 heteroatoms. The Bertz CT molecular complexity index is 732. The number of carbonyl (C=O) groups excluding carboxylic acids is 1. The number of aryl methyl sites for hydroxylation is 1. The SMILES string of the molecule is CCn1cc(C(=O)NC2(c3noc(C(F)(F)F)n3)CCCC2)nn1. The number of rotatable bonds is 4. The van der Waals surface area contributed by atoms with Crippen LogP contribution in [0.15, 0.2) is 10.7 Å². The van der Waals surface area contributed by atoms with Gasteiger partial charge in [0.2, 0.25) is 0 Å². The number of nitrogens with one attached hydrogen (secondary N) is 1. The molecule has 3 rings (SSSR count). The minimum atomic E-state index is -4.72. The molecule has 0 aromatic carbocycles. The zero-order valence-electron chi connectivity index (χ0n) is 12.8. The van der Waals surface area contributed by atoms with Crippen LogP contribution < -0.4 is 5.32 Å². The summed E-state index contributed by atoms with van der Waals surface area (Å²) in [5, 5.41) is 13.7. The Morgan fingerprint density at radius 2 is 2.12 bits per heavy atom. The Morgan fingerprint density at radius 3 is 2.67 bits per heavy atom. The van der Waals surface area contributed by atoms with Crippen LogP contribution in [-0.4, -0.2) is 31.0 Å². The number of hydrogen-bond donors (Lipinski definition) is 1. The summed E-state index contributed by atoms with van der Waals surface area (Å²) in [6, 6.07) is 0. The number of halogens is 3. The minimum absolute atomic E-state index is 0.0858. The molecule has 0 atom stereocenters. The number of nitrogens with zero attached hydrogens (tertiary/aromatic N) is 5. The van der Waals surface area contributed by atoms with E-state index in [1.165, 1.54) is 10.9 Å². The van der Waals surface area contributed by atoms with Crippen LogP contribution in [0.5, 0.6) is 0 Å². The lowest BCUT2D eigenvalue weighted by Crippen LogP contribution is -2.44. The number of amides is 1. The van der Waals surface area contributed by atoms with Gasteiger partial charge in [0, 0.05) is 6.54 Å². The van der Waals surface area contributed by atoms with Crippen molar-refractivity contribution < 1.29 is 22.5 Å². The van der Waals surface area contributed by atoms with Gasteiger partial charge in [-0.1, -0.05) is 23.2 Å². The summed E-state index contributed by atoms with van der Waals surface area (Å²) in [5.41, 5.74) is -0.997. The maximum absolute atomic E-state index is 12.7. The van der Waals surface area contributed by atoms with Crippen LogP contribution in [-0.2, 0) is 18.3 Å². The Morgan fingerprint density at radius 1 is 1.42 bits per heavy atom. The Hall–Kier alpha value is -2.46. The maximum Gasteiger partial charge on any atom is 0.471 e. The van der Waals surface area contributed by atoms with Crippen LogP contribution in [0.3, 0.4) is 0 Å². The average Bonchev–Trinajstić information content (AvgIpc) is 3.26. The van der Waals surface area contributed by atoms with Gasteiger partial charge in [0.25, 0.3) is 5.91 Å². The first-order valence-electron chi connectivity index (χ1n) is 7.48. The van der Waals surface area contributed by atoms with Gasteiger partial charge in [0.1, 0.15) is 5.54 Å². The highest BCUT2D eigenvalue weighted by Crippen LogP contribution is 2.39. The van der Waals surface area contributed by atoms with Gasteiger partial charge in [-0.3, -0.25) is 9.48 Å². The third kappa shape index (κ3) is 2.97. The predicted molar refractivity (Wildman–Crippen MR) is 72.6 cm³/mol. The summed E-state index contributed by atoms with van der Waals surface area (Å²) in [4.78, 5) is 15.8. The van der Waals surface area contributed by atoms with Crippen molar-refractivity contribution in [2.75, 3.05) is 0 Å². The van der Waals surface area contributed by atoms with Crippen molar-refractivity contribution in [1.29, 1.82) is 0 Å². The lowest BCUT2D eigenvalue weighted by molar-refractivity contribution is -0.159. The van der Waals surface area contributed by atoms with Crippen molar-refractivity contribution in [2.24, 2.45) is 0 Å². The molecule has 1 fully saturated rings. The molecule has 0 aliphatic heterocycles. The van der Waals surface area contributed by atoms with Crippen LogP contribution in [0.4, 0.5) is 13.2 Å². The van der Waals surface area contributed by atoms with Crippen molar-refractivity contribution in [3.8, 4) is 0 Å². The third-order valence-electron chi connectivity index (χ3n) is 4.00. The molecular weight excluding hydrogens is 329 g/mol. The molecule has 1 N–H and O–H groups in total. The summed E-state index contributed by atoms with van der Waals surface area (Å²) in [7, 11) is 0. The van der Waals surface area contributed by atoms with E-state index in [9.17, 15) is 18.0 Å². The van der Waals surface area contributed by atoms with E-state index in [-0.39, 0.29) is 11.5 Å². The number of carbonyl (C=O) groups is 1. The first-order valence-corrected chi connectivity index (χ1v) is 7.48. The fourth-order valence-electron chi connectivity index (χ4n) is 2.75. The van der Waals surface area contributed by atoms with E-state index in [0.717, 1.165) is 12.8 Å². The molecule has 1 saturated carbocycles. The third-order valence-corrected chi connectivity index (χ3v) is 4.00. The highest BCUT2D eigenvalue weighted by molar-refractivity contribution is 5.92. The summed E-state index contributed by atoms with van der Waals surface area (Å²) in [6.07, 6.45) is -0.932. The molecule has 130 valence electrons. The second-order valence-electron chi connectivity index (χ2n) is 5.62. The van der Waals surface area contributed by atoms with Gasteiger partial charge in [0.15, 0.2) is 11.5 Å². The molecule has 1 aliphatic rings. The summed E-state index contributed by atoms with van der Waals surface area (Å²) >= 11 is 0. The molecule has 0 bridgehead atoms. The van der Waals surface area contributed by atoms with Crippen LogP contribution >= 0.6 is 0 Å². The summed E-state index contributed by atoms with van der Waals surface area (Å²) in [6.45, 7) is 2.39. The van der Waals surface area contributed by atoms with Crippen molar-refractivity contribution >= 4 is 5.91 Å². The molecule has 1 aliphatic carbocycles. The van der Waals surface area contributed by atoms with Gasteiger partial charge in [0.05, 0.1) is 6.20 Å². The van der Waals surface area contributed by atoms with E-state index < -0.39 is 23.5 Å². The first kappa shape index (κ1) is 16.4. The lowest BCUT2D eigenvalue weighted by Gasteiger charge is -2.26. The number of aromatic nitrogens is 5. The van der Waals surface area contributed by atoms with E-state index in [1.54, 1.807) is 0 Å². The molecule has 0 spiro atoms. The van der Waals surface area contributed by atoms with Crippen molar-refractivity contribution in [2.45, 2.75) is 50.9 Å². The van der Waals surface area contributed by atoms with Gasteiger partial charge in [-0.15, -0.1) is 5.10 Å². The standard InChI is InChI=1S/C13H15F3N6O2/c1-2-22-7-8(19-21-22)9(23)18-12(5-3-4-6-12)10-17-11(24-20-10)13(14,15)16/h7H,2-6H2,1H3,(H,18,23). The fraction of sp³-hybridized carbons (Fsp3) is 0.615. The van der Waals surface area contributed by atoms with Gasteiger partial charge >= 0.3 is 12.1 Å². The average molecular weight is 344 g/mol. The first-order chi connectivity index (χ1) is 11.3. The monoisotopic (exact) mass is 344 g/mol. The quantitative estimate of drug-likeness (QED) is 0.909. The molecule has 24 heavy (non-hydrogen) atoms. The van der Waals surface area contributed by atoms with Crippen LogP contribution in [0.2, 0.25) is 0 Å². The van der Waals surface area contributed by atoms with Gasteiger partial charge < -0.3 is 9.84 Å². The normalized spacial score (nSPS) is 17.2.